The first-order chi connectivity index (χ1) is 9.86. The number of rotatable bonds is 8. The first-order valence-corrected chi connectivity index (χ1v) is 7.94. The first kappa shape index (κ1) is 18.2. The Labute approximate surface area is 129 Å². The van der Waals surface area contributed by atoms with E-state index >= 15 is 0 Å². The fourth-order valence-corrected chi connectivity index (χ4v) is 2.67. The summed E-state index contributed by atoms with van der Waals surface area (Å²) in [5.74, 6) is 0.322. The van der Waals surface area contributed by atoms with E-state index in [1.807, 2.05) is 13.8 Å². The summed E-state index contributed by atoms with van der Waals surface area (Å²) in [4.78, 5) is 4.83. The van der Waals surface area contributed by atoms with Crippen molar-refractivity contribution in [2.24, 2.45) is 16.3 Å². The van der Waals surface area contributed by atoms with Crippen LogP contribution in [-0.4, -0.2) is 73.7 Å². The summed E-state index contributed by atoms with van der Waals surface area (Å²) >= 11 is 0. The van der Waals surface area contributed by atoms with E-state index in [9.17, 15) is 0 Å². The summed E-state index contributed by atoms with van der Waals surface area (Å²) in [7, 11) is 4.40. The summed E-state index contributed by atoms with van der Waals surface area (Å²) in [5, 5.41) is 15.4. The Morgan fingerprint density at radius 1 is 1.33 bits per heavy atom. The summed E-state index contributed by atoms with van der Waals surface area (Å²) in [6.07, 6.45) is 3.14. The van der Waals surface area contributed by atoms with E-state index in [1.165, 1.54) is 0 Å². The third kappa shape index (κ3) is 6.20. The van der Waals surface area contributed by atoms with Crippen molar-refractivity contribution >= 4 is 5.84 Å². The number of nitrogens with zero attached hydrogens (tertiary/aromatic N) is 3. The molecule has 4 N–H and O–H groups in total. The van der Waals surface area contributed by atoms with Gasteiger partial charge in [-0.25, -0.2) is 0 Å². The number of oxime groups is 1. The van der Waals surface area contributed by atoms with Crippen molar-refractivity contribution in [3.63, 3.8) is 0 Å². The average molecular weight is 299 g/mol. The van der Waals surface area contributed by atoms with Crippen LogP contribution in [0.3, 0.4) is 0 Å². The van der Waals surface area contributed by atoms with Gasteiger partial charge in [-0.1, -0.05) is 25.4 Å². The Morgan fingerprint density at radius 2 is 2.05 bits per heavy atom. The van der Waals surface area contributed by atoms with E-state index in [0.29, 0.717) is 11.9 Å². The van der Waals surface area contributed by atoms with E-state index in [1.54, 1.807) is 0 Å². The molecule has 1 aliphatic heterocycles. The van der Waals surface area contributed by atoms with Gasteiger partial charge in [0.1, 0.15) is 5.84 Å². The third-order valence-corrected chi connectivity index (χ3v) is 4.57. The highest BCUT2D eigenvalue weighted by Gasteiger charge is 2.23. The molecule has 0 spiro atoms. The molecule has 0 bridgehead atoms. The quantitative estimate of drug-likeness (QED) is 0.203. The van der Waals surface area contributed by atoms with Crippen LogP contribution in [0.2, 0.25) is 0 Å². The molecule has 21 heavy (non-hydrogen) atoms. The lowest BCUT2D eigenvalue weighted by atomic mass is 9.86. The van der Waals surface area contributed by atoms with Gasteiger partial charge in [0.25, 0.3) is 0 Å². The van der Waals surface area contributed by atoms with Gasteiger partial charge in [0.15, 0.2) is 0 Å². The fourth-order valence-electron chi connectivity index (χ4n) is 2.67. The van der Waals surface area contributed by atoms with E-state index in [4.69, 9.17) is 10.9 Å². The lowest BCUT2D eigenvalue weighted by molar-refractivity contribution is 0.113. The molecular weight excluding hydrogens is 266 g/mol. The van der Waals surface area contributed by atoms with Crippen LogP contribution in [0.4, 0.5) is 0 Å². The number of nitrogens with two attached hydrogens (primary N) is 1. The normalized spacial score (nSPS) is 22.7. The molecule has 1 saturated heterocycles. The monoisotopic (exact) mass is 299 g/mol. The van der Waals surface area contributed by atoms with Gasteiger partial charge in [-0.05, 0) is 33.5 Å². The molecule has 1 rings (SSSR count). The van der Waals surface area contributed by atoms with Crippen LogP contribution in [-0.2, 0) is 0 Å². The molecule has 0 radical (unpaired) electrons. The van der Waals surface area contributed by atoms with Crippen molar-refractivity contribution in [3.05, 3.63) is 0 Å². The Bertz CT molecular complexity index is 332. The highest BCUT2D eigenvalue weighted by atomic mass is 16.4. The minimum atomic E-state index is -0.221. The van der Waals surface area contributed by atoms with Gasteiger partial charge in [-0.15, -0.1) is 0 Å². The Hall–Kier alpha value is -0.850. The molecule has 0 amide bonds. The molecule has 1 atom stereocenters. The summed E-state index contributed by atoms with van der Waals surface area (Å²) in [6.45, 7) is 9.56. The molecule has 0 aromatic carbocycles. The average Bonchev–Trinajstić information content (AvgIpc) is 2.45. The Balaban J connectivity index is 2.12. The topological polar surface area (TPSA) is 77.1 Å². The first-order valence-electron chi connectivity index (χ1n) is 7.94. The Morgan fingerprint density at radius 3 is 2.71 bits per heavy atom. The molecule has 1 aliphatic rings. The maximum absolute atomic E-state index is 8.74. The molecule has 0 saturated carbocycles. The Kier molecular flexibility index (Phi) is 7.42. The van der Waals surface area contributed by atoms with Crippen LogP contribution in [0.25, 0.3) is 0 Å². The van der Waals surface area contributed by atoms with Crippen molar-refractivity contribution in [1.82, 2.24) is 15.1 Å². The van der Waals surface area contributed by atoms with Crippen molar-refractivity contribution in [2.45, 2.75) is 39.2 Å². The molecule has 0 aromatic rings. The maximum atomic E-state index is 8.74. The van der Waals surface area contributed by atoms with Crippen LogP contribution in [0.1, 0.15) is 33.1 Å². The molecule has 0 aliphatic carbocycles. The molecule has 1 fully saturated rings. The van der Waals surface area contributed by atoms with Crippen LogP contribution in [0.5, 0.6) is 0 Å². The highest BCUT2D eigenvalue weighted by Crippen LogP contribution is 2.23. The lowest BCUT2D eigenvalue weighted by Crippen LogP contribution is -2.53. The number of hydrogen-bond donors (Lipinski definition) is 3. The predicted molar refractivity (Wildman–Crippen MR) is 87.8 cm³/mol. The van der Waals surface area contributed by atoms with Crippen molar-refractivity contribution in [3.8, 4) is 0 Å². The van der Waals surface area contributed by atoms with Crippen molar-refractivity contribution in [2.75, 3.05) is 46.8 Å². The van der Waals surface area contributed by atoms with E-state index in [0.717, 1.165) is 52.0 Å². The van der Waals surface area contributed by atoms with Gasteiger partial charge in [-0.3, -0.25) is 4.90 Å². The lowest BCUT2D eigenvalue weighted by Gasteiger charge is -2.37. The molecule has 1 heterocycles. The molecule has 6 nitrogen and oxygen atoms in total. The maximum Gasteiger partial charge on any atom is 0.144 e. The molecular formula is C15H33N5O. The SMILES string of the molecule is CN1CCN(C)C(CNCCCCC(C)(C)C(N)=NO)C1. The smallest absolute Gasteiger partial charge is 0.144 e. The standard InChI is InChI=1S/C15H33N5O/c1-15(2,14(16)18-21)7-5-6-8-17-11-13-12-19(3)9-10-20(13)4/h13,17,21H,5-12H2,1-4H3,(H2,16,18). The summed E-state index contributed by atoms with van der Waals surface area (Å²) in [5.41, 5.74) is 5.47. The number of unbranched alkanes of at least 4 members (excludes halogenated alkanes) is 1. The number of amidine groups is 1. The van der Waals surface area contributed by atoms with Gasteiger partial charge in [-0.2, -0.15) is 0 Å². The van der Waals surface area contributed by atoms with Gasteiger partial charge in [0.2, 0.25) is 0 Å². The predicted octanol–water partition coefficient (Wildman–Crippen LogP) is 0.765. The van der Waals surface area contributed by atoms with Gasteiger partial charge < -0.3 is 21.2 Å². The van der Waals surface area contributed by atoms with E-state index in [2.05, 4.69) is 34.4 Å². The largest absolute Gasteiger partial charge is 0.409 e. The van der Waals surface area contributed by atoms with E-state index in [-0.39, 0.29) is 5.41 Å². The molecule has 0 aromatic heterocycles. The number of hydrogen-bond acceptors (Lipinski definition) is 5. The van der Waals surface area contributed by atoms with Crippen molar-refractivity contribution in [1.29, 1.82) is 0 Å². The van der Waals surface area contributed by atoms with Crippen molar-refractivity contribution < 1.29 is 5.21 Å². The highest BCUT2D eigenvalue weighted by molar-refractivity contribution is 5.85. The summed E-state index contributed by atoms with van der Waals surface area (Å²) < 4.78 is 0. The summed E-state index contributed by atoms with van der Waals surface area (Å²) in [6, 6.07) is 0.609. The van der Waals surface area contributed by atoms with Crippen LogP contribution in [0, 0.1) is 5.41 Å². The van der Waals surface area contributed by atoms with Gasteiger partial charge >= 0.3 is 0 Å². The number of likely N-dealkylation sites (N-methyl/N-ethyl adjacent to an activating group) is 2. The zero-order valence-corrected chi connectivity index (χ0v) is 14.1. The number of piperazine rings is 1. The van der Waals surface area contributed by atoms with Crippen LogP contribution >= 0.6 is 0 Å². The zero-order valence-electron chi connectivity index (χ0n) is 14.1. The molecule has 124 valence electrons. The second kappa shape index (κ2) is 8.56. The zero-order chi connectivity index (χ0) is 15.9. The fraction of sp³-hybridized carbons (Fsp3) is 0.933. The minimum absolute atomic E-state index is 0.221. The second-order valence-electron chi connectivity index (χ2n) is 6.93. The van der Waals surface area contributed by atoms with Gasteiger partial charge in [0, 0.05) is 37.6 Å². The minimum Gasteiger partial charge on any atom is -0.409 e. The second-order valence-corrected chi connectivity index (χ2v) is 6.93. The van der Waals surface area contributed by atoms with E-state index < -0.39 is 0 Å². The third-order valence-electron chi connectivity index (χ3n) is 4.57. The van der Waals surface area contributed by atoms with Gasteiger partial charge in [0.05, 0.1) is 0 Å². The number of nitrogens with one attached hydrogen (secondary N) is 1. The van der Waals surface area contributed by atoms with Crippen LogP contribution < -0.4 is 11.1 Å². The molecule has 1 unspecified atom stereocenters. The van der Waals surface area contributed by atoms with Crippen LogP contribution in [0.15, 0.2) is 5.16 Å². The molecule has 6 heteroatoms.